The Hall–Kier alpha value is -1.65. The van der Waals surface area contributed by atoms with Crippen LogP contribution in [0, 0.1) is 0 Å². The number of rotatable bonds is 4. The van der Waals surface area contributed by atoms with Crippen molar-refractivity contribution < 1.29 is 19.1 Å². The maximum Gasteiger partial charge on any atom is 0.331 e. The predicted octanol–water partition coefficient (Wildman–Crippen LogP) is 0.589. The highest BCUT2D eigenvalue weighted by atomic mass is 16.5. The average Bonchev–Trinajstić information content (AvgIpc) is 2.08. The fourth-order valence-electron chi connectivity index (χ4n) is 0.825. The Balaban J connectivity index is 3.93. The lowest BCUT2D eigenvalue weighted by atomic mass is 10.1. The molecular formula is C11H17NO4. The van der Waals surface area contributed by atoms with E-state index in [9.17, 15) is 14.4 Å². The average molecular weight is 227 g/mol. The first-order valence-corrected chi connectivity index (χ1v) is 4.87. The Labute approximate surface area is 94.8 Å². The van der Waals surface area contributed by atoms with E-state index >= 15 is 0 Å². The highest BCUT2D eigenvalue weighted by Crippen LogP contribution is 1.97. The van der Waals surface area contributed by atoms with Crippen molar-refractivity contribution in [1.29, 1.82) is 0 Å². The molecule has 0 bridgehead atoms. The molecule has 0 aliphatic carbocycles. The van der Waals surface area contributed by atoms with Crippen molar-refractivity contribution in [3.05, 3.63) is 12.2 Å². The van der Waals surface area contributed by atoms with Crippen LogP contribution in [0.15, 0.2) is 12.2 Å². The molecule has 0 aliphatic rings. The maximum atomic E-state index is 11.2. The zero-order valence-corrected chi connectivity index (χ0v) is 9.99. The molecule has 0 radical (unpaired) electrons. The van der Waals surface area contributed by atoms with Crippen LogP contribution in [-0.4, -0.2) is 29.8 Å². The molecule has 90 valence electrons. The van der Waals surface area contributed by atoms with Crippen molar-refractivity contribution in [3.8, 4) is 0 Å². The van der Waals surface area contributed by atoms with Gasteiger partial charge in [0.15, 0.2) is 12.4 Å². The van der Waals surface area contributed by atoms with Gasteiger partial charge >= 0.3 is 5.97 Å². The van der Waals surface area contributed by atoms with E-state index in [1.165, 1.54) is 6.92 Å². The van der Waals surface area contributed by atoms with Gasteiger partial charge in [0.25, 0.3) is 5.91 Å². The number of amides is 1. The van der Waals surface area contributed by atoms with E-state index in [4.69, 9.17) is 0 Å². The first-order valence-electron chi connectivity index (χ1n) is 4.87. The predicted molar refractivity (Wildman–Crippen MR) is 58.7 cm³/mol. The van der Waals surface area contributed by atoms with Gasteiger partial charge in [0, 0.05) is 11.6 Å². The number of nitrogens with one attached hydrogen (secondary N) is 1. The highest BCUT2D eigenvalue weighted by molar-refractivity contribution is 5.95. The van der Waals surface area contributed by atoms with Gasteiger partial charge in [-0.2, -0.15) is 0 Å². The van der Waals surface area contributed by atoms with Gasteiger partial charge in [0.05, 0.1) is 0 Å². The summed E-state index contributed by atoms with van der Waals surface area (Å²) in [6, 6.07) is 0. The Morgan fingerprint density at radius 3 is 2.19 bits per heavy atom. The number of ether oxygens (including phenoxy) is 1. The van der Waals surface area contributed by atoms with Crippen molar-refractivity contribution in [2.24, 2.45) is 0 Å². The first-order chi connectivity index (χ1) is 7.20. The molecule has 1 N–H and O–H groups in total. The number of allylic oxidation sites excluding steroid dienone is 1. The fraction of sp³-hybridized carbons (Fsp3) is 0.545. The van der Waals surface area contributed by atoms with Crippen LogP contribution in [0.25, 0.3) is 0 Å². The highest BCUT2D eigenvalue weighted by Gasteiger charge is 2.14. The van der Waals surface area contributed by atoms with Crippen molar-refractivity contribution in [3.63, 3.8) is 0 Å². The van der Waals surface area contributed by atoms with Crippen LogP contribution >= 0.6 is 0 Å². The van der Waals surface area contributed by atoms with E-state index in [0.717, 1.165) is 12.2 Å². The third kappa shape index (κ3) is 8.93. The van der Waals surface area contributed by atoms with Crippen LogP contribution in [0.4, 0.5) is 0 Å². The molecule has 0 aromatic carbocycles. The third-order valence-corrected chi connectivity index (χ3v) is 1.31. The molecule has 0 aromatic heterocycles. The van der Waals surface area contributed by atoms with E-state index in [-0.39, 0.29) is 23.8 Å². The molecule has 0 saturated carbocycles. The third-order valence-electron chi connectivity index (χ3n) is 1.31. The second-order valence-corrected chi connectivity index (χ2v) is 4.35. The molecule has 1 amide bonds. The second kappa shape index (κ2) is 6.05. The lowest BCUT2D eigenvalue weighted by Crippen LogP contribution is -2.42. The van der Waals surface area contributed by atoms with Crippen molar-refractivity contribution >= 4 is 17.7 Å². The van der Waals surface area contributed by atoms with E-state index in [2.05, 4.69) is 10.1 Å². The van der Waals surface area contributed by atoms with Gasteiger partial charge in [-0.3, -0.25) is 9.59 Å². The standard InChI is InChI=1S/C11H17NO4/c1-8(13)5-6-10(15)16-7-9(14)12-11(2,3)4/h5-6H,7H2,1-4H3,(H,12,14)/b6-5-. The molecule has 5 nitrogen and oxygen atoms in total. The minimum absolute atomic E-state index is 0.254. The smallest absolute Gasteiger partial charge is 0.331 e. The summed E-state index contributed by atoms with van der Waals surface area (Å²) in [4.78, 5) is 32.7. The first kappa shape index (κ1) is 14.3. The van der Waals surface area contributed by atoms with Crippen LogP contribution in [0.2, 0.25) is 0 Å². The van der Waals surface area contributed by atoms with Gasteiger partial charge in [0.2, 0.25) is 0 Å². The number of ketones is 1. The SMILES string of the molecule is CC(=O)/C=C\C(=O)OCC(=O)NC(C)(C)C. The summed E-state index contributed by atoms with van der Waals surface area (Å²) in [6.45, 7) is 6.43. The van der Waals surface area contributed by atoms with Crippen molar-refractivity contribution in [1.82, 2.24) is 5.32 Å². The van der Waals surface area contributed by atoms with E-state index < -0.39 is 5.97 Å². The molecule has 16 heavy (non-hydrogen) atoms. The number of hydrogen-bond acceptors (Lipinski definition) is 4. The molecule has 0 rings (SSSR count). The normalized spacial score (nSPS) is 11.2. The zero-order valence-electron chi connectivity index (χ0n) is 9.99. The monoisotopic (exact) mass is 227 g/mol. The van der Waals surface area contributed by atoms with Gasteiger partial charge in [-0.05, 0) is 33.8 Å². The van der Waals surface area contributed by atoms with Gasteiger partial charge in [0.1, 0.15) is 0 Å². The Bertz CT molecular complexity index is 312. The molecule has 0 unspecified atom stereocenters. The molecule has 5 heteroatoms. The summed E-state index contributed by atoms with van der Waals surface area (Å²) in [7, 11) is 0. The minimum Gasteiger partial charge on any atom is -0.452 e. The second-order valence-electron chi connectivity index (χ2n) is 4.35. The summed E-state index contributed by atoms with van der Waals surface area (Å²) < 4.78 is 4.61. The quantitative estimate of drug-likeness (QED) is 0.563. The summed E-state index contributed by atoms with van der Waals surface area (Å²) in [5, 5.41) is 2.63. The Kier molecular flexibility index (Phi) is 5.42. The molecule has 0 fully saturated rings. The zero-order chi connectivity index (χ0) is 12.8. The van der Waals surface area contributed by atoms with E-state index in [0.29, 0.717) is 0 Å². The fourth-order valence-corrected chi connectivity index (χ4v) is 0.825. The molecule has 0 spiro atoms. The molecule has 0 aliphatic heterocycles. The van der Waals surface area contributed by atoms with Gasteiger partial charge in [-0.15, -0.1) is 0 Å². The summed E-state index contributed by atoms with van der Waals surface area (Å²) in [5.74, 6) is -1.34. The molecule has 0 aromatic rings. The summed E-state index contributed by atoms with van der Waals surface area (Å²) >= 11 is 0. The van der Waals surface area contributed by atoms with Gasteiger partial charge in [-0.25, -0.2) is 4.79 Å². The molecule has 0 heterocycles. The molecular weight excluding hydrogens is 210 g/mol. The van der Waals surface area contributed by atoms with Gasteiger partial charge in [-0.1, -0.05) is 0 Å². The summed E-state index contributed by atoms with van der Waals surface area (Å²) in [5.41, 5.74) is -0.362. The van der Waals surface area contributed by atoms with Crippen LogP contribution in [0.3, 0.4) is 0 Å². The number of carbonyl (C=O) groups excluding carboxylic acids is 3. The van der Waals surface area contributed by atoms with Crippen LogP contribution in [-0.2, 0) is 19.1 Å². The van der Waals surface area contributed by atoms with Crippen molar-refractivity contribution in [2.45, 2.75) is 33.2 Å². The topological polar surface area (TPSA) is 72.5 Å². The van der Waals surface area contributed by atoms with Gasteiger partial charge < -0.3 is 10.1 Å². The summed E-state index contributed by atoms with van der Waals surface area (Å²) in [6.07, 6.45) is 2.08. The maximum absolute atomic E-state index is 11.2. The number of esters is 1. The van der Waals surface area contributed by atoms with E-state index in [1.54, 1.807) is 0 Å². The lowest BCUT2D eigenvalue weighted by Gasteiger charge is -2.20. The molecule has 0 saturated heterocycles. The van der Waals surface area contributed by atoms with E-state index in [1.807, 2.05) is 20.8 Å². The van der Waals surface area contributed by atoms with Crippen LogP contribution < -0.4 is 5.32 Å². The Morgan fingerprint density at radius 1 is 1.19 bits per heavy atom. The number of carbonyl (C=O) groups is 3. The van der Waals surface area contributed by atoms with Crippen LogP contribution in [0.1, 0.15) is 27.7 Å². The minimum atomic E-state index is -0.709. The van der Waals surface area contributed by atoms with Crippen molar-refractivity contribution in [2.75, 3.05) is 6.61 Å². The number of hydrogen-bond donors (Lipinski definition) is 1. The molecule has 0 atom stereocenters. The Morgan fingerprint density at radius 2 is 1.75 bits per heavy atom. The largest absolute Gasteiger partial charge is 0.452 e. The van der Waals surface area contributed by atoms with Crippen LogP contribution in [0.5, 0.6) is 0 Å². The lowest BCUT2D eigenvalue weighted by molar-refractivity contribution is -0.144.